The van der Waals surface area contributed by atoms with Crippen molar-refractivity contribution in [3.05, 3.63) is 55.8 Å². The molecule has 0 aliphatic carbocycles. The van der Waals surface area contributed by atoms with Crippen LogP contribution in [0.25, 0.3) is 0 Å². The molecule has 0 bridgehead atoms. The van der Waals surface area contributed by atoms with Crippen molar-refractivity contribution in [3.63, 3.8) is 0 Å². The lowest BCUT2D eigenvalue weighted by Gasteiger charge is -2.09. The van der Waals surface area contributed by atoms with E-state index in [0.717, 1.165) is 10.4 Å². The summed E-state index contributed by atoms with van der Waals surface area (Å²) in [4.78, 5) is 22.4. The Hall–Kier alpha value is -2.41. The Balaban J connectivity index is 2.28. The maximum atomic E-state index is 11.1. The van der Waals surface area contributed by atoms with E-state index in [1.54, 1.807) is 11.3 Å². The molecular formula is C13H12N2O4S. The molecule has 0 saturated carbocycles. The summed E-state index contributed by atoms with van der Waals surface area (Å²) < 4.78 is 0. The van der Waals surface area contributed by atoms with Gasteiger partial charge in [0, 0.05) is 23.6 Å². The second-order valence-corrected chi connectivity index (χ2v) is 5.17. The summed E-state index contributed by atoms with van der Waals surface area (Å²) >= 11 is 1.55. The summed E-state index contributed by atoms with van der Waals surface area (Å²) in [7, 11) is 0. The van der Waals surface area contributed by atoms with Crippen molar-refractivity contribution < 1.29 is 14.8 Å². The van der Waals surface area contributed by atoms with E-state index in [1.165, 1.54) is 18.2 Å². The number of carboxylic acid groups (broad SMARTS) is 1. The summed E-state index contributed by atoms with van der Waals surface area (Å²) in [5.74, 6) is -1.12. The third kappa shape index (κ3) is 2.94. The fourth-order valence-corrected chi connectivity index (χ4v) is 2.59. The highest BCUT2D eigenvalue weighted by Gasteiger charge is 2.15. The molecule has 0 spiro atoms. The van der Waals surface area contributed by atoms with Gasteiger partial charge >= 0.3 is 5.97 Å². The molecule has 1 heterocycles. The van der Waals surface area contributed by atoms with Gasteiger partial charge in [0.1, 0.15) is 0 Å². The van der Waals surface area contributed by atoms with Crippen molar-refractivity contribution in [2.45, 2.75) is 13.5 Å². The predicted octanol–water partition coefficient (Wildman–Crippen LogP) is 3.28. The van der Waals surface area contributed by atoms with Crippen LogP contribution in [0.15, 0.2) is 29.6 Å². The van der Waals surface area contributed by atoms with Crippen molar-refractivity contribution >= 4 is 28.7 Å². The number of rotatable bonds is 5. The van der Waals surface area contributed by atoms with Crippen molar-refractivity contribution in [2.75, 3.05) is 5.32 Å². The van der Waals surface area contributed by atoms with Crippen molar-refractivity contribution in [3.8, 4) is 0 Å². The number of carbonyl (C=O) groups is 1. The van der Waals surface area contributed by atoms with Gasteiger partial charge in [-0.3, -0.25) is 10.1 Å². The number of nitro benzene ring substituents is 1. The van der Waals surface area contributed by atoms with Crippen LogP contribution < -0.4 is 5.32 Å². The van der Waals surface area contributed by atoms with Crippen LogP contribution in [0.1, 0.15) is 20.8 Å². The van der Waals surface area contributed by atoms with Crippen LogP contribution in [0.4, 0.5) is 11.4 Å². The molecule has 0 saturated heterocycles. The summed E-state index contributed by atoms with van der Waals surface area (Å²) in [5, 5.41) is 24.8. The average molecular weight is 292 g/mol. The normalized spacial score (nSPS) is 10.2. The average Bonchev–Trinajstić information content (AvgIpc) is 2.81. The molecular weight excluding hydrogens is 280 g/mol. The lowest BCUT2D eigenvalue weighted by Crippen LogP contribution is -2.07. The van der Waals surface area contributed by atoms with Gasteiger partial charge in [-0.15, -0.1) is 11.3 Å². The number of thiophene rings is 1. The molecule has 20 heavy (non-hydrogen) atoms. The van der Waals surface area contributed by atoms with Crippen LogP contribution in [0.2, 0.25) is 0 Å². The van der Waals surface area contributed by atoms with Gasteiger partial charge in [0.05, 0.1) is 16.2 Å². The Kier molecular flexibility index (Phi) is 3.99. The van der Waals surface area contributed by atoms with E-state index in [2.05, 4.69) is 5.32 Å². The smallest absolute Gasteiger partial charge is 0.337 e. The Morgan fingerprint density at radius 3 is 2.75 bits per heavy atom. The van der Waals surface area contributed by atoms with Crippen LogP contribution in [0.3, 0.4) is 0 Å². The first kappa shape index (κ1) is 14.0. The van der Waals surface area contributed by atoms with Crippen molar-refractivity contribution in [1.82, 2.24) is 0 Å². The Labute approximate surface area is 118 Å². The molecule has 1 aromatic heterocycles. The van der Waals surface area contributed by atoms with Crippen molar-refractivity contribution in [1.29, 1.82) is 0 Å². The number of benzene rings is 1. The molecule has 7 heteroatoms. The third-order valence-corrected chi connectivity index (χ3v) is 3.87. The zero-order valence-electron chi connectivity index (χ0n) is 10.6. The van der Waals surface area contributed by atoms with Crippen LogP contribution in [-0.2, 0) is 6.54 Å². The highest BCUT2D eigenvalue weighted by Crippen LogP contribution is 2.24. The Morgan fingerprint density at radius 1 is 1.45 bits per heavy atom. The van der Waals surface area contributed by atoms with Gasteiger partial charge in [0.2, 0.25) is 0 Å². The first-order chi connectivity index (χ1) is 9.49. The summed E-state index contributed by atoms with van der Waals surface area (Å²) in [6, 6.07) is 5.63. The number of carboxylic acids is 1. The van der Waals surface area contributed by atoms with Gasteiger partial charge in [0.15, 0.2) is 0 Å². The van der Waals surface area contributed by atoms with E-state index in [4.69, 9.17) is 5.11 Å². The van der Waals surface area contributed by atoms with Crippen LogP contribution >= 0.6 is 11.3 Å². The molecule has 2 N–H and O–H groups in total. The Morgan fingerprint density at radius 2 is 2.20 bits per heavy atom. The topological polar surface area (TPSA) is 92.5 Å². The minimum Gasteiger partial charge on any atom is -0.478 e. The second kappa shape index (κ2) is 5.70. The number of anilines is 1. The Bertz CT molecular complexity index is 666. The maximum Gasteiger partial charge on any atom is 0.337 e. The van der Waals surface area contributed by atoms with E-state index in [0.29, 0.717) is 6.54 Å². The van der Waals surface area contributed by atoms with E-state index < -0.39 is 10.9 Å². The van der Waals surface area contributed by atoms with E-state index in [-0.39, 0.29) is 16.9 Å². The van der Waals surface area contributed by atoms with E-state index in [9.17, 15) is 14.9 Å². The maximum absolute atomic E-state index is 11.1. The van der Waals surface area contributed by atoms with Gasteiger partial charge in [0.25, 0.3) is 5.69 Å². The molecule has 2 rings (SSSR count). The molecule has 0 atom stereocenters. The quantitative estimate of drug-likeness (QED) is 0.651. The van der Waals surface area contributed by atoms with Gasteiger partial charge < -0.3 is 10.4 Å². The molecule has 6 nitrogen and oxygen atoms in total. The second-order valence-electron chi connectivity index (χ2n) is 4.17. The number of nitro groups is 1. The zero-order chi connectivity index (χ0) is 14.7. The number of aryl methyl sites for hydroxylation is 1. The van der Waals surface area contributed by atoms with Gasteiger partial charge in [-0.1, -0.05) is 0 Å². The molecule has 1 aromatic carbocycles. The number of nitrogens with zero attached hydrogens (tertiary/aromatic N) is 1. The fourth-order valence-electron chi connectivity index (χ4n) is 1.74. The van der Waals surface area contributed by atoms with Crippen molar-refractivity contribution in [2.24, 2.45) is 0 Å². The molecule has 0 unspecified atom stereocenters. The summed E-state index contributed by atoms with van der Waals surface area (Å²) in [6.07, 6.45) is 0. The SMILES string of the molecule is Cc1ccsc1CNc1cc([N+](=O)[O-])ccc1C(=O)O. The lowest BCUT2D eigenvalue weighted by atomic mass is 10.1. The minimum atomic E-state index is -1.12. The molecule has 0 amide bonds. The van der Waals surface area contributed by atoms with Crippen LogP contribution in [0.5, 0.6) is 0 Å². The van der Waals surface area contributed by atoms with E-state index >= 15 is 0 Å². The van der Waals surface area contributed by atoms with Gasteiger partial charge in [-0.25, -0.2) is 4.79 Å². The molecule has 104 valence electrons. The predicted molar refractivity (Wildman–Crippen MR) is 76.4 cm³/mol. The number of nitrogens with one attached hydrogen (secondary N) is 1. The molecule has 0 aliphatic rings. The number of non-ortho nitro benzene ring substituents is 1. The number of hydrogen-bond acceptors (Lipinski definition) is 5. The zero-order valence-corrected chi connectivity index (χ0v) is 11.4. The minimum absolute atomic E-state index is 0.0183. The summed E-state index contributed by atoms with van der Waals surface area (Å²) in [5.41, 5.74) is 1.23. The third-order valence-electron chi connectivity index (χ3n) is 2.85. The molecule has 2 aromatic rings. The molecule has 0 fully saturated rings. The summed E-state index contributed by atoms with van der Waals surface area (Å²) in [6.45, 7) is 2.39. The molecule has 0 aliphatic heterocycles. The first-order valence-electron chi connectivity index (χ1n) is 5.77. The number of aromatic carboxylic acids is 1. The molecule has 0 radical (unpaired) electrons. The highest BCUT2D eigenvalue weighted by atomic mass is 32.1. The monoisotopic (exact) mass is 292 g/mol. The van der Waals surface area contributed by atoms with E-state index in [1.807, 2.05) is 18.4 Å². The number of hydrogen-bond donors (Lipinski definition) is 2. The first-order valence-corrected chi connectivity index (χ1v) is 6.65. The van der Waals surface area contributed by atoms with Gasteiger partial charge in [-0.05, 0) is 30.0 Å². The standard InChI is InChI=1S/C13H12N2O4S/c1-8-4-5-20-12(8)7-14-11-6-9(15(18)19)2-3-10(11)13(16)17/h2-6,14H,7H2,1H3,(H,16,17). The van der Waals surface area contributed by atoms with Crippen LogP contribution in [0, 0.1) is 17.0 Å². The van der Waals surface area contributed by atoms with Gasteiger partial charge in [-0.2, -0.15) is 0 Å². The fraction of sp³-hybridized carbons (Fsp3) is 0.154. The highest BCUT2D eigenvalue weighted by molar-refractivity contribution is 7.10. The largest absolute Gasteiger partial charge is 0.478 e. The lowest BCUT2D eigenvalue weighted by molar-refractivity contribution is -0.384. The van der Waals surface area contributed by atoms with Crippen LogP contribution in [-0.4, -0.2) is 16.0 Å².